The monoisotopic (exact) mass is 498 g/mol. The van der Waals surface area contributed by atoms with E-state index in [1.807, 2.05) is 13.8 Å². The lowest BCUT2D eigenvalue weighted by atomic mass is 9.97. The van der Waals surface area contributed by atoms with Crippen LogP contribution in [0.4, 0.5) is 19.0 Å². The van der Waals surface area contributed by atoms with E-state index in [4.69, 9.17) is 0 Å². The van der Waals surface area contributed by atoms with Crippen molar-refractivity contribution in [2.75, 3.05) is 18.0 Å². The fraction of sp³-hybridized carbons (Fsp3) is 0.462. The van der Waals surface area contributed by atoms with E-state index in [9.17, 15) is 23.2 Å². The molecule has 0 N–H and O–H groups in total. The summed E-state index contributed by atoms with van der Waals surface area (Å²) in [6, 6.07) is 10.7. The molecule has 3 aromatic rings. The number of piperazine rings is 1. The smallest absolute Gasteiger partial charge is 0.349 e. The molecule has 7 nitrogen and oxygen atoms in total. The average Bonchev–Trinajstić information content (AvgIpc) is 2.86. The molecule has 0 aliphatic carbocycles. The van der Waals surface area contributed by atoms with Gasteiger partial charge in [-0.3, -0.25) is 9.47 Å². The van der Waals surface area contributed by atoms with E-state index in [0.717, 1.165) is 30.5 Å². The first-order valence-corrected chi connectivity index (χ1v) is 12.0. The molecule has 0 radical (unpaired) electrons. The van der Waals surface area contributed by atoms with E-state index in [1.165, 1.54) is 4.57 Å². The summed E-state index contributed by atoms with van der Waals surface area (Å²) < 4.78 is 40.5. The van der Waals surface area contributed by atoms with Gasteiger partial charge in [-0.15, -0.1) is 0 Å². The molecule has 36 heavy (non-hydrogen) atoms. The van der Waals surface area contributed by atoms with Gasteiger partial charge >= 0.3 is 11.9 Å². The highest BCUT2D eigenvalue weighted by Gasteiger charge is 2.36. The Kier molecular flexibility index (Phi) is 7.05. The van der Waals surface area contributed by atoms with E-state index in [0.29, 0.717) is 29.9 Å². The second kappa shape index (κ2) is 9.90. The highest BCUT2D eigenvalue weighted by Crippen LogP contribution is 2.34. The number of fused-ring (bicyclic) bond motifs is 1. The Hall–Kier alpha value is -3.45. The van der Waals surface area contributed by atoms with Gasteiger partial charge in [0.2, 0.25) is 0 Å². The number of aromatic nitrogens is 3. The molecular formula is C26H29F3N6O. The maximum absolute atomic E-state index is 13.0. The summed E-state index contributed by atoms with van der Waals surface area (Å²) >= 11 is 0. The van der Waals surface area contributed by atoms with Crippen LogP contribution >= 0.6 is 0 Å². The standard InChI is InChI=1S/C26H29F3N6O/c1-5-6-21-15-34(24-23-22(33(4)25(36)32-24)12-11-20(13-30)31-23)16(2)14-35(21)17(3)18-7-9-19(10-8-18)26(27,28)29/h7-12,16-17,21H,5-6,14-15H2,1-4H3/t16-,17?,21+/m0/s1. The molecular weight excluding hydrogens is 469 g/mol. The minimum absolute atomic E-state index is 0.0506. The zero-order valence-electron chi connectivity index (χ0n) is 20.8. The van der Waals surface area contributed by atoms with Gasteiger partial charge in [-0.05, 0) is 50.1 Å². The van der Waals surface area contributed by atoms with Crippen LogP contribution in [-0.2, 0) is 13.2 Å². The van der Waals surface area contributed by atoms with Gasteiger partial charge in [-0.1, -0.05) is 25.5 Å². The Morgan fingerprint density at radius 2 is 1.83 bits per heavy atom. The molecule has 1 aliphatic heterocycles. The van der Waals surface area contributed by atoms with Crippen LogP contribution in [0, 0.1) is 11.3 Å². The van der Waals surface area contributed by atoms with Crippen LogP contribution in [-0.4, -0.2) is 44.6 Å². The second-order valence-electron chi connectivity index (χ2n) is 9.39. The summed E-state index contributed by atoms with van der Waals surface area (Å²) in [4.78, 5) is 25.9. The number of halogens is 3. The lowest BCUT2D eigenvalue weighted by Crippen LogP contribution is -2.58. The first kappa shape index (κ1) is 25.6. The maximum Gasteiger partial charge on any atom is 0.416 e. The Labute approximate surface area is 207 Å². The lowest BCUT2D eigenvalue weighted by molar-refractivity contribution is -0.137. The molecule has 1 saturated heterocycles. The highest BCUT2D eigenvalue weighted by atomic mass is 19.4. The fourth-order valence-electron chi connectivity index (χ4n) is 5.04. The highest BCUT2D eigenvalue weighted by molar-refractivity contribution is 5.86. The van der Waals surface area contributed by atoms with Gasteiger partial charge in [0.25, 0.3) is 0 Å². The van der Waals surface area contributed by atoms with Crippen LogP contribution in [0.25, 0.3) is 11.0 Å². The van der Waals surface area contributed by atoms with E-state index in [-0.39, 0.29) is 23.8 Å². The number of hydrogen-bond acceptors (Lipinski definition) is 6. The van der Waals surface area contributed by atoms with Crippen molar-refractivity contribution in [3.05, 3.63) is 63.7 Å². The van der Waals surface area contributed by atoms with Crippen LogP contribution in [0.15, 0.2) is 41.2 Å². The van der Waals surface area contributed by atoms with E-state index in [1.54, 1.807) is 31.3 Å². The minimum Gasteiger partial charge on any atom is -0.349 e. The molecule has 1 aliphatic rings. The number of anilines is 1. The van der Waals surface area contributed by atoms with Gasteiger partial charge in [0, 0.05) is 38.3 Å². The average molecular weight is 499 g/mol. The molecule has 3 atom stereocenters. The third-order valence-electron chi connectivity index (χ3n) is 7.05. The predicted octanol–water partition coefficient (Wildman–Crippen LogP) is 4.66. The first-order valence-electron chi connectivity index (χ1n) is 12.0. The van der Waals surface area contributed by atoms with Crippen molar-refractivity contribution in [3.8, 4) is 6.07 Å². The third-order valence-corrected chi connectivity index (χ3v) is 7.05. The fourth-order valence-corrected chi connectivity index (χ4v) is 5.04. The summed E-state index contributed by atoms with van der Waals surface area (Å²) in [6.45, 7) is 7.35. The van der Waals surface area contributed by atoms with Crippen LogP contribution in [0.2, 0.25) is 0 Å². The van der Waals surface area contributed by atoms with Gasteiger partial charge in [0.05, 0.1) is 11.1 Å². The SMILES string of the molecule is CCC[C@@H]1CN(c2nc(=O)n(C)c3ccc(C#N)nc23)[C@@H](C)CN1C(C)c1ccc(C(F)(F)F)cc1. The van der Waals surface area contributed by atoms with Gasteiger partial charge in [-0.25, -0.2) is 9.78 Å². The van der Waals surface area contributed by atoms with Crippen molar-refractivity contribution < 1.29 is 13.2 Å². The van der Waals surface area contributed by atoms with Crippen molar-refractivity contribution in [1.29, 1.82) is 5.26 Å². The molecule has 3 heterocycles. The molecule has 1 fully saturated rings. The Morgan fingerprint density at radius 3 is 2.44 bits per heavy atom. The molecule has 0 spiro atoms. The van der Waals surface area contributed by atoms with Crippen molar-refractivity contribution in [2.45, 2.75) is 57.9 Å². The van der Waals surface area contributed by atoms with Crippen molar-refractivity contribution in [3.63, 3.8) is 0 Å². The maximum atomic E-state index is 13.0. The molecule has 0 bridgehead atoms. The normalized spacial score (nSPS) is 19.9. The van der Waals surface area contributed by atoms with Gasteiger partial charge in [0.15, 0.2) is 5.82 Å². The Bertz CT molecular complexity index is 1350. The zero-order valence-corrected chi connectivity index (χ0v) is 20.8. The summed E-state index contributed by atoms with van der Waals surface area (Å²) in [5, 5.41) is 9.37. The van der Waals surface area contributed by atoms with Gasteiger partial charge in [-0.2, -0.15) is 23.4 Å². The summed E-state index contributed by atoms with van der Waals surface area (Å²) in [7, 11) is 1.63. The molecule has 1 unspecified atom stereocenters. The molecule has 0 saturated carbocycles. The van der Waals surface area contributed by atoms with Crippen molar-refractivity contribution >= 4 is 16.9 Å². The van der Waals surface area contributed by atoms with E-state index < -0.39 is 17.4 Å². The number of hydrogen-bond donors (Lipinski definition) is 0. The quantitative estimate of drug-likeness (QED) is 0.509. The van der Waals surface area contributed by atoms with Crippen LogP contribution in [0.3, 0.4) is 0 Å². The molecule has 10 heteroatoms. The number of benzene rings is 1. The van der Waals surface area contributed by atoms with Crippen molar-refractivity contribution in [1.82, 2.24) is 19.4 Å². The first-order chi connectivity index (χ1) is 17.0. The number of pyridine rings is 1. The number of alkyl halides is 3. The minimum atomic E-state index is -4.37. The summed E-state index contributed by atoms with van der Waals surface area (Å²) in [5.74, 6) is 0.459. The summed E-state index contributed by atoms with van der Waals surface area (Å²) in [5.41, 5.74) is 1.11. The molecule has 190 valence electrons. The van der Waals surface area contributed by atoms with Crippen LogP contribution < -0.4 is 10.6 Å². The molecule has 1 aromatic carbocycles. The second-order valence-corrected chi connectivity index (χ2v) is 9.39. The lowest BCUT2D eigenvalue weighted by Gasteiger charge is -2.48. The third kappa shape index (κ3) is 4.80. The topological polar surface area (TPSA) is 78.0 Å². The predicted molar refractivity (Wildman–Crippen MR) is 132 cm³/mol. The number of nitrogens with zero attached hydrogens (tertiary/aromatic N) is 6. The molecule has 4 rings (SSSR count). The Balaban J connectivity index is 1.69. The zero-order chi connectivity index (χ0) is 26.2. The number of rotatable bonds is 5. The molecule has 0 amide bonds. The van der Waals surface area contributed by atoms with Crippen LogP contribution in [0.5, 0.6) is 0 Å². The number of nitriles is 1. The van der Waals surface area contributed by atoms with Crippen molar-refractivity contribution in [2.24, 2.45) is 7.05 Å². The van der Waals surface area contributed by atoms with Gasteiger partial charge in [0.1, 0.15) is 17.3 Å². The summed E-state index contributed by atoms with van der Waals surface area (Å²) in [6.07, 6.45) is -2.58. The van der Waals surface area contributed by atoms with Gasteiger partial charge < -0.3 is 4.90 Å². The molecule has 2 aromatic heterocycles. The van der Waals surface area contributed by atoms with E-state index in [2.05, 4.69) is 32.8 Å². The Morgan fingerprint density at radius 1 is 1.14 bits per heavy atom. The largest absolute Gasteiger partial charge is 0.416 e. The van der Waals surface area contributed by atoms with Crippen LogP contribution in [0.1, 0.15) is 56.5 Å². The number of aryl methyl sites for hydroxylation is 1. The van der Waals surface area contributed by atoms with E-state index >= 15 is 0 Å².